The average molecular weight is 213 g/mol. The Morgan fingerprint density at radius 1 is 1.47 bits per heavy atom. The lowest BCUT2D eigenvalue weighted by Gasteiger charge is -2.15. The summed E-state index contributed by atoms with van der Waals surface area (Å²) in [5.74, 6) is -0.192. The predicted octanol–water partition coefficient (Wildman–Crippen LogP) is -1.90. The van der Waals surface area contributed by atoms with E-state index < -0.39 is 24.3 Å². The molecule has 0 radical (unpaired) electrons. The minimum atomic E-state index is -0.955. The van der Waals surface area contributed by atoms with Crippen LogP contribution in [0.1, 0.15) is 13.3 Å². The van der Waals surface area contributed by atoms with Gasteiger partial charge in [0.15, 0.2) is 0 Å². The Morgan fingerprint density at radius 3 is 2.60 bits per heavy atom. The van der Waals surface area contributed by atoms with Gasteiger partial charge in [-0.25, -0.2) is 0 Å². The molecule has 6 heteroatoms. The van der Waals surface area contributed by atoms with E-state index >= 15 is 0 Å². The molecule has 0 unspecified atom stereocenters. The molecular weight excluding hydrogens is 198 g/mol. The summed E-state index contributed by atoms with van der Waals surface area (Å²) >= 11 is 0. The van der Waals surface area contributed by atoms with Crippen LogP contribution in [0.2, 0.25) is 0 Å². The van der Waals surface area contributed by atoms with Gasteiger partial charge in [0.1, 0.15) is 0 Å². The number of aliphatic hydroxyl groups is 2. The lowest BCUT2D eigenvalue weighted by atomic mass is 10.1. The van der Waals surface area contributed by atoms with E-state index in [-0.39, 0.29) is 18.9 Å². The Kier molecular flexibility index (Phi) is 4.03. The lowest BCUT2D eigenvalue weighted by Crippen LogP contribution is -2.43. The van der Waals surface area contributed by atoms with Crippen molar-refractivity contribution in [3.8, 4) is 6.07 Å². The molecule has 0 saturated carbocycles. The highest BCUT2D eigenvalue weighted by Gasteiger charge is 2.40. The minimum absolute atomic E-state index is 0.134. The molecule has 6 nitrogen and oxygen atoms in total. The van der Waals surface area contributed by atoms with Gasteiger partial charge in [-0.2, -0.15) is 5.26 Å². The van der Waals surface area contributed by atoms with Crippen molar-refractivity contribution in [2.75, 3.05) is 6.54 Å². The van der Waals surface area contributed by atoms with Crippen molar-refractivity contribution < 1.29 is 15.0 Å². The van der Waals surface area contributed by atoms with Gasteiger partial charge in [-0.05, 0) is 0 Å². The third kappa shape index (κ3) is 2.89. The third-order valence-corrected chi connectivity index (χ3v) is 2.48. The van der Waals surface area contributed by atoms with Crippen LogP contribution in [0.4, 0.5) is 0 Å². The maximum absolute atomic E-state index is 10.7. The Balaban J connectivity index is 2.48. The van der Waals surface area contributed by atoms with Crippen molar-refractivity contribution in [3.05, 3.63) is 0 Å². The second-order valence-electron chi connectivity index (χ2n) is 3.66. The van der Waals surface area contributed by atoms with E-state index in [2.05, 4.69) is 10.6 Å². The smallest absolute Gasteiger partial charge is 0.216 e. The summed E-state index contributed by atoms with van der Waals surface area (Å²) in [6.07, 6.45) is -1.77. The maximum atomic E-state index is 10.7. The number of nitriles is 1. The van der Waals surface area contributed by atoms with E-state index in [0.29, 0.717) is 0 Å². The zero-order valence-corrected chi connectivity index (χ0v) is 8.47. The molecule has 84 valence electrons. The van der Waals surface area contributed by atoms with Gasteiger partial charge < -0.3 is 20.8 Å². The molecule has 1 saturated heterocycles. The normalized spacial score (nSPS) is 34.8. The van der Waals surface area contributed by atoms with Gasteiger partial charge in [-0.1, -0.05) is 0 Å². The predicted molar refractivity (Wildman–Crippen MR) is 51.6 cm³/mol. The number of hydrogen-bond acceptors (Lipinski definition) is 5. The zero-order valence-electron chi connectivity index (χ0n) is 8.47. The molecule has 4 atom stereocenters. The fourth-order valence-electron chi connectivity index (χ4n) is 1.66. The topological polar surface area (TPSA) is 105 Å². The van der Waals surface area contributed by atoms with Crippen LogP contribution in [0.15, 0.2) is 0 Å². The van der Waals surface area contributed by atoms with Gasteiger partial charge in [0, 0.05) is 19.5 Å². The Bertz CT molecular complexity index is 276. The molecular formula is C9H15N3O3. The van der Waals surface area contributed by atoms with Crippen LogP contribution in [0, 0.1) is 11.3 Å². The molecule has 0 spiro atoms. The van der Waals surface area contributed by atoms with Crippen LogP contribution >= 0.6 is 0 Å². The van der Waals surface area contributed by atoms with Crippen molar-refractivity contribution in [3.63, 3.8) is 0 Å². The molecule has 0 aromatic carbocycles. The summed E-state index contributed by atoms with van der Waals surface area (Å²) in [5.41, 5.74) is 0. The zero-order chi connectivity index (χ0) is 11.4. The monoisotopic (exact) mass is 213 g/mol. The molecule has 0 bridgehead atoms. The second-order valence-corrected chi connectivity index (χ2v) is 3.66. The molecule has 1 aliphatic rings. The van der Waals surface area contributed by atoms with Gasteiger partial charge in [-0.15, -0.1) is 0 Å². The van der Waals surface area contributed by atoms with E-state index in [4.69, 9.17) is 5.26 Å². The summed E-state index contributed by atoms with van der Waals surface area (Å²) in [7, 11) is 0. The first-order valence-electron chi connectivity index (χ1n) is 4.80. The standard InChI is InChI=1S/C9H15N3O3/c1-5(13)11-4-7-9(15)8(14)6(12-7)2-3-10/h6-9,12,14-15H,2,4H2,1H3,(H,11,13)/t6-,7+,8+,9+/m0/s1. The molecule has 1 aliphatic heterocycles. The first-order valence-corrected chi connectivity index (χ1v) is 4.80. The highest BCUT2D eigenvalue weighted by molar-refractivity contribution is 5.72. The molecule has 0 aliphatic carbocycles. The fraction of sp³-hybridized carbons (Fsp3) is 0.778. The summed E-state index contributed by atoms with van der Waals surface area (Å²) < 4.78 is 0. The largest absolute Gasteiger partial charge is 0.389 e. The molecule has 1 fully saturated rings. The Hall–Kier alpha value is -1.16. The van der Waals surface area contributed by atoms with E-state index in [0.717, 1.165) is 0 Å². The van der Waals surface area contributed by atoms with Crippen molar-refractivity contribution >= 4 is 5.91 Å². The summed E-state index contributed by atoms with van der Waals surface area (Å²) in [6, 6.07) is 1.10. The van der Waals surface area contributed by atoms with Gasteiger partial charge >= 0.3 is 0 Å². The van der Waals surface area contributed by atoms with Crippen LogP contribution in [-0.2, 0) is 4.79 Å². The summed E-state index contributed by atoms with van der Waals surface area (Å²) in [6.45, 7) is 1.63. The molecule has 15 heavy (non-hydrogen) atoms. The molecule has 0 aromatic rings. The molecule has 4 N–H and O–H groups in total. The first kappa shape index (κ1) is 11.9. The van der Waals surface area contributed by atoms with Gasteiger partial charge in [0.25, 0.3) is 0 Å². The van der Waals surface area contributed by atoms with Crippen LogP contribution < -0.4 is 10.6 Å². The number of amides is 1. The van der Waals surface area contributed by atoms with Gasteiger partial charge in [0.2, 0.25) is 5.91 Å². The quantitative estimate of drug-likeness (QED) is 0.438. The molecule has 1 amide bonds. The van der Waals surface area contributed by atoms with Crippen molar-refractivity contribution in [2.45, 2.75) is 37.6 Å². The van der Waals surface area contributed by atoms with Crippen LogP contribution in [0.5, 0.6) is 0 Å². The number of nitrogens with zero attached hydrogens (tertiary/aromatic N) is 1. The van der Waals surface area contributed by atoms with Crippen LogP contribution in [0.3, 0.4) is 0 Å². The number of hydrogen-bond donors (Lipinski definition) is 4. The van der Waals surface area contributed by atoms with Gasteiger partial charge in [0.05, 0.1) is 30.7 Å². The van der Waals surface area contributed by atoms with E-state index in [1.165, 1.54) is 6.92 Å². The van der Waals surface area contributed by atoms with Crippen molar-refractivity contribution in [2.24, 2.45) is 0 Å². The SMILES string of the molecule is CC(=O)NC[C@H]1N[C@@H](CC#N)[C@@H](O)[C@@H]1O. The van der Waals surface area contributed by atoms with Crippen molar-refractivity contribution in [1.82, 2.24) is 10.6 Å². The number of aliphatic hydroxyl groups excluding tert-OH is 2. The summed E-state index contributed by atoms with van der Waals surface area (Å²) in [5, 5.41) is 33.1. The van der Waals surface area contributed by atoms with Crippen molar-refractivity contribution in [1.29, 1.82) is 5.26 Å². The minimum Gasteiger partial charge on any atom is -0.389 e. The summed E-state index contributed by atoms with van der Waals surface area (Å²) in [4.78, 5) is 10.7. The molecule has 0 aromatic heterocycles. The number of rotatable bonds is 3. The molecule has 1 heterocycles. The van der Waals surface area contributed by atoms with E-state index in [1.54, 1.807) is 0 Å². The average Bonchev–Trinajstić information content (AvgIpc) is 2.44. The van der Waals surface area contributed by atoms with E-state index in [9.17, 15) is 15.0 Å². The first-order chi connectivity index (χ1) is 7.06. The third-order valence-electron chi connectivity index (χ3n) is 2.48. The second kappa shape index (κ2) is 5.07. The fourth-order valence-corrected chi connectivity index (χ4v) is 1.66. The van der Waals surface area contributed by atoms with Gasteiger partial charge in [-0.3, -0.25) is 4.79 Å². The number of nitrogens with one attached hydrogen (secondary N) is 2. The Labute approximate surface area is 87.9 Å². The molecule has 1 rings (SSSR count). The Morgan fingerprint density at radius 2 is 2.07 bits per heavy atom. The maximum Gasteiger partial charge on any atom is 0.216 e. The van der Waals surface area contributed by atoms with E-state index in [1.807, 2.05) is 6.07 Å². The highest BCUT2D eigenvalue weighted by atomic mass is 16.3. The number of carbonyl (C=O) groups excluding carboxylic acids is 1. The van der Waals surface area contributed by atoms with Crippen LogP contribution in [0.25, 0.3) is 0 Å². The van der Waals surface area contributed by atoms with Crippen LogP contribution in [-0.4, -0.2) is 47.0 Å². The highest BCUT2D eigenvalue weighted by Crippen LogP contribution is 2.16. The lowest BCUT2D eigenvalue weighted by molar-refractivity contribution is -0.119. The number of carbonyl (C=O) groups is 1.